The Morgan fingerprint density at radius 3 is 1.83 bits per heavy atom. The lowest BCUT2D eigenvalue weighted by atomic mass is 9.94. The van der Waals surface area contributed by atoms with Crippen LogP contribution in [0.15, 0.2) is 54.6 Å². The predicted molar refractivity (Wildman–Crippen MR) is 131 cm³/mol. The van der Waals surface area contributed by atoms with Crippen LogP contribution in [0.5, 0.6) is 0 Å². The van der Waals surface area contributed by atoms with Gasteiger partial charge < -0.3 is 20.3 Å². The van der Waals surface area contributed by atoms with Crippen LogP contribution in [0, 0.1) is 17.7 Å². The Hall–Kier alpha value is -3.42. The minimum absolute atomic E-state index is 0.105. The highest BCUT2D eigenvalue weighted by atomic mass is 19.1. The van der Waals surface area contributed by atoms with Gasteiger partial charge >= 0.3 is 6.09 Å². The molecule has 8 heteroatoms. The molecule has 2 atom stereocenters. The number of rotatable bonds is 8. The highest BCUT2D eigenvalue weighted by Crippen LogP contribution is 2.26. The molecule has 2 aromatic carbocycles. The first-order chi connectivity index (χ1) is 16.6. The predicted octanol–water partition coefficient (Wildman–Crippen LogP) is 3.33. The summed E-state index contributed by atoms with van der Waals surface area (Å²) in [6.07, 6.45) is 0.660. The Bertz CT molecular complexity index is 1010. The number of nitrogens with one attached hydrogen (secondary N) is 2. The number of likely N-dealkylation sites (tertiary alicyclic amines) is 1. The molecular weight excluding hydrogens is 449 g/mol. The SMILES string of the molecule is CC(C)(C)OC(=O)N1C[C@@H](C(=O)NCCc2ccccc2)[C@H](C(=O)NCCc2ccc(F)cc2)C1. The van der Waals surface area contributed by atoms with E-state index in [1.807, 2.05) is 30.3 Å². The quantitative estimate of drug-likeness (QED) is 0.603. The first kappa shape index (κ1) is 26.2. The van der Waals surface area contributed by atoms with Crippen molar-refractivity contribution in [2.24, 2.45) is 11.8 Å². The molecule has 0 saturated carbocycles. The van der Waals surface area contributed by atoms with Gasteiger partial charge in [0.25, 0.3) is 0 Å². The van der Waals surface area contributed by atoms with Crippen molar-refractivity contribution in [3.63, 3.8) is 0 Å². The van der Waals surface area contributed by atoms with Crippen molar-refractivity contribution in [2.75, 3.05) is 26.2 Å². The van der Waals surface area contributed by atoms with E-state index < -0.39 is 23.5 Å². The first-order valence-corrected chi connectivity index (χ1v) is 11.9. The van der Waals surface area contributed by atoms with Crippen molar-refractivity contribution >= 4 is 17.9 Å². The van der Waals surface area contributed by atoms with Gasteiger partial charge in [0.2, 0.25) is 11.8 Å². The molecule has 0 radical (unpaired) electrons. The standard InChI is InChI=1S/C27H34FN3O4/c1-27(2,3)35-26(34)31-17-22(24(32)29-15-13-19-7-5-4-6-8-19)23(18-31)25(33)30-16-14-20-9-11-21(28)12-10-20/h4-12,22-23H,13-18H2,1-3H3,(H,29,32)(H,30,33)/t22-,23-/m1/s1. The van der Waals surface area contributed by atoms with Gasteiger partial charge in [0.15, 0.2) is 0 Å². The third kappa shape index (κ3) is 8.09. The summed E-state index contributed by atoms with van der Waals surface area (Å²) in [5.41, 5.74) is 1.31. The largest absolute Gasteiger partial charge is 0.444 e. The van der Waals surface area contributed by atoms with Gasteiger partial charge in [-0.15, -0.1) is 0 Å². The summed E-state index contributed by atoms with van der Waals surface area (Å²) in [6, 6.07) is 15.9. The lowest BCUT2D eigenvalue weighted by molar-refractivity contribution is -0.132. The van der Waals surface area contributed by atoms with Crippen LogP contribution in [-0.2, 0) is 27.2 Å². The average Bonchev–Trinajstić information content (AvgIpc) is 3.26. The highest BCUT2D eigenvalue weighted by molar-refractivity contribution is 5.89. The van der Waals surface area contributed by atoms with Gasteiger partial charge in [-0.2, -0.15) is 0 Å². The molecule has 7 nitrogen and oxygen atoms in total. The fourth-order valence-corrected chi connectivity index (χ4v) is 4.03. The number of benzene rings is 2. The molecule has 188 valence electrons. The van der Waals surface area contributed by atoms with Gasteiger partial charge in [-0.25, -0.2) is 9.18 Å². The molecule has 3 amide bonds. The van der Waals surface area contributed by atoms with Crippen LogP contribution in [-0.4, -0.2) is 54.6 Å². The summed E-state index contributed by atoms with van der Waals surface area (Å²) in [7, 11) is 0. The van der Waals surface area contributed by atoms with Crippen molar-refractivity contribution in [3.8, 4) is 0 Å². The molecule has 1 heterocycles. The molecule has 2 N–H and O–H groups in total. The molecule has 1 fully saturated rings. The second-order valence-electron chi connectivity index (χ2n) is 9.79. The Morgan fingerprint density at radius 1 is 0.857 bits per heavy atom. The summed E-state index contributed by atoms with van der Waals surface area (Å²) in [4.78, 5) is 40.1. The number of hydrogen-bond donors (Lipinski definition) is 2. The maximum Gasteiger partial charge on any atom is 0.410 e. The average molecular weight is 484 g/mol. The summed E-state index contributed by atoms with van der Waals surface area (Å²) >= 11 is 0. The molecule has 0 bridgehead atoms. The monoisotopic (exact) mass is 483 g/mol. The molecule has 0 unspecified atom stereocenters. The molecule has 1 aliphatic rings. The molecule has 2 aromatic rings. The Balaban J connectivity index is 1.60. The number of ether oxygens (including phenoxy) is 1. The maximum atomic E-state index is 13.1. The number of carbonyl (C=O) groups excluding carboxylic acids is 3. The highest BCUT2D eigenvalue weighted by Gasteiger charge is 2.44. The van der Waals surface area contributed by atoms with Crippen LogP contribution < -0.4 is 10.6 Å². The van der Waals surface area contributed by atoms with E-state index in [1.54, 1.807) is 32.9 Å². The molecule has 1 aliphatic heterocycles. The van der Waals surface area contributed by atoms with Crippen LogP contribution in [0.3, 0.4) is 0 Å². The van der Waals surface area contributed by atoms with Crippen LogP contribution >= 0.6 is 0 Å². The smallest absolute Gasteiger partial charge is 0.410 e. The van der Waals surface area contributed by atoms with E-state index in [2.05, 4.69) is 10.6 Å². The van der Waals surface area contributed by atoms with Crippen molar-refractivity contribution in [1.29, 1.82) is 0 Å². The fourth-order valence-electron chi connectivity index (χ4n) is 4.03. The molecule has 0 aliphatic carbocycles. The minimum Gasteiger partial charge on any atom is -0.444 e. The van der Waals surface area contributed by atoms with E-state index in [1.165, 1.54) is 17.0 Å². The summed E-state index contributed by atoms with van der Waals surface area (Å²) in [6.45, 7) is 6.31. The summed E-state index contributed by atoms with van der Waals surface area (Å²) < 4.78 is 18.6. The topological polar surface area (TPSA) is 87.7 Å². The molecule has 3 rings (SSSR count). The second kappa shape index (κ2) is 11.8. The van der Waals surface area contributed by atoms with E-state index >= 15 is 0 Å². The van der Waals surface area contributed by atoms with E-state index in [0.29, 0.717) is 25.9 Å². The van der Waals surface area contributed by atoms with Gasteiger partial charge in [0.05, 0.1) is 11.8 Å². The summed E-state index contributed by atoms with van der Waals surface area (Å²) in [5, 5.41) is 5.79. The zero-order valence-corrected chi connectivity index (χ0v) is 20.6. The zero-order chi connectivity index (χ0) is 25.4. The van der Waals surface area contributed by atoms with Crippen molar-refractivity contribution in [1.82, 2.24) is 15.5 Å². The normalized spacial score (nSPS) is 17.7. The van der Waals surface area contributed by atoms with Gasteiger partial charge in [-0.1, -0.05) is 42.5 Å². The van der Waals surface area contributed by atoms with Gasteiger partial charge in [-0.3, -0.25) is 9.59 Å². The van der Waals surface area contributed by atoms with Crippen LogP contribution in [0.1, 0.15) is 31.9 Å². The van der Waals surface area contributed by atoms with Crippen LogP contribution in [0.4, 0.5) is 9.18 Å². The van der Waals surface area contributed by atoms with Crippen LogP contribution in [0.25, 0.3) is 0 Å². The summed E-state index contributed by atoms with van der Waals surface area (Å²) in [5.74, 6) is -2.23. The van der Waals surface area contributed by atoms with Gasteiger partial charge in [-0.05, 0) is 56.9 Å². The molecule has 0 aromatic heterocycles. The number of halogens is 1. The number of amides is 3. The minimum atomic E-state index is -0.688. The van der Waals surface area contributed by atoms with Gasteiger partial charge in [0.1, 0.15) is 11.4 Å². The van der Waals surface area contributed by atoms with Crippen LogP contribution in [0.2, 0.25) is 0 Å². The Labute approximate surface area is 206 Å². The van der Waals surface area contributed by atoms with E-state index in [0.717, 1.165) is 11.1 Å². The number of nitrogens with zero attached hydrogens (tertiary/aromatic N) is 1. The van der Waals surface area contributed by atoms with E-state index in [-0.39, 0.29) is 30.7 Å². The molecule has 35 heavy (non-hydrogen) atoms. The third-order valence-corrected chi connectivity index (χ3v) is 5.83. The van der Waals surface area contributed by atoms with Crippen molar-refractivity contribution in [3.05, 3.63) is 71.5 Å². The Morgan fingerprint density at radius 2 is 1.34 bits per heavy atom. The first-order valence-electron chi connectivity index (χ1n) is 11.9. The molecule has 0 spiro atoms. The van der Waals surface area contributed by atoms with Crippen molar-refractivity contribution < 1.29 is 23.5 Å². The van der Waals surface area contributed by atoms with E-state index in [9.17, 15) is 18.8 Å². The second-order valence-corrected chi connectivity index (χ2v) is 9.79. The lowest BCUT2D eigenvalue weighted by Gasteiger charge is -2.24. The lowest BCUT2D eigenvalue weighted by Crippen LogP contribution is -2.42. The molecule has 1 saturated heterocycles. The number of carbonyl (C=O) groups is 3. The molecular formula is C27H34FN3O4. The zero-order valence-electron chi connectivity index (χ0n) is 20.6. The van der Waals surface area contributed by atoms with Crippen molar-refractivity contribution in [2.45, 2.75) is 39.2 Å². The number of hydrogen-bond acceptors (Lipinski definition) is 4. The third-order valence-electron chi connectivity index (χ3n) is 5.83. The maximum absolute atomic E-state index is 13.1. The van der Waals surface area contributed by atoms with Gasteiger partial charge in [0, 0.05) is 26.2 Å². The van der Waals surface area contributed by atoms with E-state index in [4.69, 9.17) is 4.74 Å². The fraction of sp³-hybridized carbons (Fsp3) is 0.444. The Kier molecular flexibility index (Phi) is 8.84.